The van der Waals surface area contributed by atoms with Crippen LogP contribution in [0, 0.1) is 0 Å². The molecular weight excluding hydrogens is 328 g/mol. The SMILES string of the molecule is C[NH+]1CCN(/N=C\c2ccc(-c3ccc(S(N)(=O)=O)cc3)o2)CC1. The second kappa shape index (κ2) is 6.76. The summed E-state index contributed by atoms with van der Waals surface area (Å²) in [6.45, 7) is 4.03. The van der Waals surface area contributed by atoms with Gasteiger partial charge in [-0.05, 0) is 36.4 Å². The minimum atomic E-state index is -3.68. The number of sulfonamides is 1. The summed E-state index contributed by atoms with van der Waals surface area (Å²) in [7, 11) is -1.50. The summed E-state index contributed by atoms with van der Waals surface area (Å²) < 4.78 is 28.3. The zero-order chi connectivity index (χ0) is 17.2. The van der Waals surface area contributed by atoms with Crippen molar-refractivity contribution >= 4 is 16.2 Å². The van der Waals surface area contributed by atoms with E-state index in [0.717, 1.165) is 31.7 Å². The van der Waals surface area contributed by atoms with Crippen LogP contribution in [0.2, 0.25) is 0 Å². The van der Waals surface area contributed by atoms with Crippen molar-refractivity contribution in [3.8, 4) is 11.3 Å². The molecule has 7 nitrogen and oxygen atoms in total. The maximum atomic E-state index is 11.3. The van der Waals surface area contributed by atoms with Crippen LogP contribution >= 0.6 is 0 Å². The van der Waals surface area contributed by atoms with Crippen molar-refractivity contribution in [1.29, 1.82) is 0 Å². The predicted octanol–water partition coefficient (Wildman–Crippen LogP) is -0.242. The van der Waals surface area contributed by atoms with Crippen LogP contribution in [0.4, 0.5) is 0 Å². The summed E-state index contributed by atoms with van der Waals surface area (Å²) in [6, 6.07) is 9.95. The number of rotatable bonds is 4. The molecule has 128 valence electrons. The van der Waals surface area contributed by atoms with Crippen molar-refractivity contribution in [3.63, 3.8) is 0 Å². The van der Waals surface area contributed by atoms with E-state index in [1.165, 1.54) is 17.0 Å². The topological polar surface area (TPSA) is 93.3 Å². The fourth-order valence-corrected chi connectivity index (χ4v) is 3.03. The van der Waals surface area contributed by atoms with Gasteiger partial charge < -0.3 is 9.32 Å². The second-order valence-corrected chi connectivity index (χ2v) is 7.49. The Morgan fingerprint density at radius 2 is 1.83 bits per heavy atom. The van der Waals surface area contributed by atoms with Crippen molar-refractivity contribution < 1.29 is 17.7 Å². The fourth-order valence-electron chi connectivity index (χ4n) is 2.52. The van der Waals surface area contributed by atoms with E-state index < -0.39 is 10.0 Å². The van der Waals surface area contributed by atoms with E-state index in [4.69, 9.17) is 9.56 Å². The van der Waals surface area contributed by atoms with Crippen LogP contribution in [0.3, 0.4) is 0 Å². The van der Waals surface area contributed by atoms with Gasteiger partial charge in [-0.25, -0.2) is 13.6 Å². The van der Waals surface area contributed by atoms with Crippen LogP contribution in [-0.4, -0.2) is 52.9 Å². The van der Waals surface area contributed by atoms with Crippen molar-refractivity contribution in [2.24, 2.45) is 10.2 Å². The number of hydrogen-bond donors (Lipinski definition) is 2. The largest absolute Gasteiger partial charge is 0.455 e. The second-order valence-electron chi connectivity index (χ2n) is 5.93. The molecule has 8 heteroatoms. The minimum absolute atomic E-state index is 0.0804. The Morgan fingerprint density at radius 3 is 2.46 bits per heavy atom. The molecule has 2 aromatic rings. The molecule has 0 atom stereocenters. The van der Waals surface area contributed by atoms with Gasteiger partial charge in [0.25, 0.3) is 0 Å². The van der Waals surface area contributed by atoms with Crippen LogP contribution in [-0.2, 0) is 10.0 Å². The molecule has 1 aromatic heterocycles. The number of benzene rings is 1. The van der Waals surface area contributed by atoms with Gasteiger partial charge in [-0.3, -0.25) is 5.01 Å². The normalized spacial score (nSPS) is 16.8. The Bertz CT molecular complexity index is 819. The fraction of sp³-hybridized carbons (Fsp3) is 0.312. The molecule has 3 rings (SSSR count). The molecule has 0 radical (unpaired) electrons. The zero-order valence-electron chi connectivity index (χ0n) is 13.5. The molecular formula is C16H21N4O3S+. The summed E-state index contributed by atoms with van der Waals surface area (Å²) in [5.41, 5.74) is 0.783. The van der Waals surface area contributed by atoms with Crippen LogP contribution in [0.1, 0.15) is 5.76 Å². The Balaban J connectivity index is 1.69. The lowest BCUT2D eigenvalue weighted by atomic mass is 10.2. The number of furan rings is 1. The van der Waals surface area contributed by atoms with Gasteiger partial charge in [-0.2, -0.15) is 5.10 Å². The van der Waals surface area contributed by atoms with E-state index in [9.17, 15) is 8.42 Å². The highest BCUT2D eigenvalue weighted by Gasteiger charge is 2.14. The molecule has 0 amide bonds. The van der Waals surface area contributed by atoms with Gasteiger partial charge >= 0.3 is 0 Å². The summed E-state index contributed by atoms with van der Waals surface area (Å²) >= 11 is 0. The molecule has 0 saturated carbocycles. The van der Waals surface area contributed by atoms with Gasteiger partial charge in [-0.1, -0.05) is 0 Å². The molecule has 3 N–H and O–H groups in total. The molecule has 1 saturated heterocycles. The highest BCUT2D eigenvalue weighted by molar-refractivity contribution is 7.89. The number of quaternary nitrogens is 1. The first-order valence-corrected chi connectivity index (χ1v) is 9.30. The van der Waals surface area contributed by atoms with Crippen LogP contribution in [0.15, 0.2) is 50.8 Å². The highest BCUT2D eigenvalue weighted by atomic mass is 32.2. The molecule has 0 unspecified atom stereocenters. The summed E-state index contributed by atoms with van der Waals surface area (Å²) in [6.07, 6.45) is 1.71. The molecule has 1 aliphatic heterocycles. The van der Waals surface area contributed by atoms with Gasteiger partial charge in [0.1, 0.15) is 11.5 Å². The van der Waals surface area contributed by atoms with Gasteiger partial charge in [0.05, 0.1) is 44.3 Å². The Hall–Kier alpha value is -2.16. The molecule has 1 aromatic carbocycles. The first-order chi connectivity index (χ1) is 11.4. The average molecular weight is 349 g/mol. The number of hydrazone groups is 1. The number of nitrogens with two attached hydrogens (primary N) is 1. The van der Waals surface area contributed by atoms with Gasteiger partial charge in [0.15, 0.2) is 0 Å². The third-order valence-corrected chi connectivity index (χ3v) is 4.97. The Kier molecular flexibility index (Phi) is 4.70. The number of hydrogen-bond acceptors (Lipinski definition) is 5. The molecule has 1 fully saturated rings. The van der Waals surface area contributed by atoms with Crippen LogP contribution in [0.25, 0.3) is 11.3 Å². The van der Waals surface area contributed by atoms with Gasteiger partial charge in [-0.15, -0.1) is 0 Å². The monoisotopic (exact) mass is 349 g/mol. The summed E-state index contributed by atoms with van der Waals surface area (Å²) in [5, 5.41) is 11.6. The Labute approximate surface area is 141 Å². The van der Waals surface area contributed by atoms with Crippen molar-refractivity contribution in [3.05, 3.63) is 42.2 Å². The van der Waals surface area contributed by atoms with Crippen molar-refractivity contribution in [2.75, 3.05) is 33.2 Å². The van der Waals surface area contributed by atoms with Crippen LogP contribution in [0.5, 0.6) is 0 Å². The van der Waals surface area contributed by atoms with Gasteiger partial charge in [0.2, 0.25) is 10.0 Å². The van der Waals surface area contributed by atoms with Gasteiger partial charge in [0, 0.05) is 5.56 Å². The first kappa shape index (κ1) is 16.7. The predicted molar refractivity (Wildman–Crippen MR) is 91.3 cm³/mol. The van der Waals surface area contributed by atoms with Crippen molar-refractivity contribution in [1.82, 2.24) is 5.01 Å². The lowest BCUT2D eigenvalue weighted by Gasteiger charge is -2.27. The summed E-state index contributed by atoms with van der Waals surface area (Å²) in [4.78, 5) is 1.60. The zero-order valence-corrected chi connectivity index (χ0v) is 14.3. The Morgan fingerprint density at radius 1 is 1.17 bits per heavy atom. The maximum Gasteiger partial charge on any atom is 0.238 e. The molecule has 0 bridgehead atoms. The van der Waals surface area contributed by atoms with Crippen LogP contribution < -0.4 is 10.0 Å². The molecule has 0 aliphatic carbocycles. The summed E-state index contributed by atoms with van der Waals surface area (Å²) in [5.74, 6) is 1.31. The molecule has 0 spiro atoms. The smallest absolute Gasteiger partial charge is 0.238 e. The van der Waals surface area contributed by atoms with E-state index in [2.05, 4.69) is 12.1 Å². The maximum absolute atomic E-state index is 11.3. The number of primary sulfonamides is 1. The van der Waals surface area contributed by atoms with E-state index >= 15 is 0 Å². The van der Waals surface area contributed by atoms with E-state index in [1.54, 1.807) is 18.3 Å². The number of likely N-dealkylation sites (N-methyl/N-ethyl adjacent to an activating group) is 1. The lowest BCUT2D eigenvalue weighted by Crippen LogP contribution is -3.11. The number of nitrogens with zero attached hydrogens (tertiary/aromatic N) is 2. The quantitative estimate of drug-likeness (QED) is 0.745. The standard InChI is InChI=1S/C16H20N4O3S/c1-19-8-10-20(11-9-19)18-12-14-4-7-16(23-14)13-2-5-15(6-3-13)24(17,21)22/h2-7,12H,8-11H2,1H3,(H2,17,21,22)/p+1/b18-12-. The minimum Gasteiger partial charge on any atom is -0.455 e. The average Bonchev–Trinajstić information content (AvgIpc) is 3.03. The van der Waals surface area contributed by atoms with E-state index in [-0.39, 0.29) is 4.90 Å². The molecule has 2 heterocycles. The number of piperazine rings is 1. The third kappa shape index (κ3) is 4.02. The molecule has 1 aliphatic rings. The van der Waals surface area contributed by atoms with E-state index in [1.807, 2.05) is 17.1 Å². The molecule has 24 heavy (non-hydrogen) atoms. The third-order valence-electron chi connectivity index (χ3n) is 4.04. The number of nitrogens with one attached hydrogen (secondary N) is 1. The lowest BCUT2D eigenvalue weighted by molar-refractivity contribution is -0.884. The first-order valence-electron chi connectivity index (χ1n) is 7.75. The highest BCUT2D eigenvalue weighted by Crippen LogP contribution is 2.23. The van der Waals surface area contributed by atoms with E-state index in [0.29, 0.717) is 11.5 Å². The van der Waals surface area contributed by atoms with Crippen molar-refractivity contribution in [2.45, 2.75) is 4.90 Å².